The summed E-state index contributed by atoms with van der Waals surface area (Å²) in [6, 6.07) is 10.4. The quantitative estimate of drug-likeness (QED) is 0.640. The number of hydrogen-bond acceptors (Lipinski definition) is 2. The molecule has 0 aliphatic carbocycles. The van der Waals surface area contributed by atoms with Gasteiger partial charge in [-0.05, 0) is 37.6 Å². The van der Waals surface area contributed by atoms with E-state index in [1.54, 1.807) is 22.9 Å². The van der Waals surface area contributed by atoms with Crippen molar-refractivity contribution in [1.29, 1.82) is 0 Å². The summed E-state index contributed by atoms with van der Waals surface area (Å²) in [6.45, 7) is -0.444. The predicted octanol–water partition coefficient (Wildman–Crippen LogP) is 4.47. The van der Waals surface area contributed by atoms with Crippen molar-refractivity contribution >= 4 is 26.8 Å². The van der Waals surface area contributed by atoms with E-state index < -0.39 is 6.61 Å². The van der Waals surface area contributed by atoms with Crippen LogP contribution >= 0.6 is 15.9 Å². The lowest BCUT2D eigenvalue weighted by Crippen LogP contribution is -2.18. The molecule has 2 heterocycles. The monoisotopic (exact) mass is 408 g/mol. The second-order valence-corrected chi connectivity index (χ2v) is 7.07. The van der Waals surface area contributed by atoms with Crippen molar-refractivity contribution in [2.75, 3.05) is 0 Å². The van der Waals surface area contributed by atoms with Gasteiger partial charge in [-0.1, -0.05) is 33.6 Å². The van der Waals surface area contributed by atoms with E-state index in [2.05, 4.69) is 15.9 Å². The van der Waals surface area contributed by atoms with Gasteiger partial charge in [-0.25, -0.2) is 4.68 Å². The summed E-state index contributed by atoms with van der Waals surface area (Å²) in [4.78, 5) is 12.6. The van der Waals surface area contributed by atoms with Gasteiger partial charge in [0.1, 0.15) is 5.75 Å². The molecule has 0 radical (unpaired) electrons. The van der Waals surface area contributed by atoms with E-state index >= 15 is 0 Å². The molecule has 4 nitrogen and oxygen atoms in total. The molecular weight excluding hydrogens is 394 g/mol. The fourth-order valence-electron chi connectivity index (χ4n) is 3.57. The lowest BCUT2D eigenvalue weighted by atomic mass is 10.0. The first-order chi connectivity index (χ1) is 12.0. The van der Waals surface area contributed by atoms with Gasteiger partial charge >= 0.3 is 6.61 Å². The van der Waals surface area contributed by atoms with Crippen LogP contribution in [0.25, 0.3) is 10.9 Å². The minimum atomic E-state index is -2.89. The van der Waals surface area contributed by atoms with Crippen molar-refractivity contribution in [3.05, 3.63) is 62.4 Å². The average molecular weight is 409 g/mol. The van der Waals surface area contributed by atoms with Crippen molar-refractivity contribution < 1.29 is 13.5 Å². The van der Waals surface area contributed by atoms with Gasteiger partial charge in [0.05, 0.1) is 16.9 Å². The minimum absolute atomic E-state index is 0.0611. The maximum absolute atomic E-state index is 12.8. The Kier molecular flexibility index (Phi) is 3.91. The Labute approximate surface area is 150 Å². The fraction of sp³-hybridized carbons (Fsp3) is 0.278. The largest absolute Gasteiger partial charge is 0.434 e. The van der Waals surface area contributed by atoms with E-state index in [1.165, 1.54) is 0 Å². The molecule has 1 aliphatic heterocycles. The number of halogens is 3. The smallest absolute Gasteiger partial charge is 0.387 e. The highest BCUT2D eigenvalue weighted by molar-refractivity contribution is 9.10. The van der Waals surface area contributed by atoms with Crippen LogP contribution in [0.3, 0.4) is 0 Å². The molecule has 0 saturated heterocycles. The van der Waals surface area contributed by atoms with Crippen LogP contribution in [0.2, 0.25) is 0 Å². The molecule has 3 aromatic rings. The van der Waals surface area contributed by atoms with E-state index in [4.69, 9.17) is 4.74 Å². The van der Waals surface area contributed by atoms with Gasteiger partial charge in [0.15, 0.2) is 0 Å². The summed E-state index contributed by atoms with van der Waals surface area (Å²) in [5.74, 6) is 0.156. The maximum atomic E-state index is 12.8. The molecule has 7 heteroatoms. The molecule has 1 aromatic heterocycles. The van der Waals surface area contributed by atoms with Gasteiger partial charge in [0, 0.05) is 16.6 Å². The molecule has 1 atom stereocenters. The lowest BCUT2D eigenvalue weighted by molar-refractivity contribution is -0.0507. The Balaban J connectivity index is 1.93. The highest BCUT2D eigenvalue weighted by Crippen LogP contribution is 2.37. The number of benzene rings is 2. The maximum Gasteiger partial charge on any atom is 0.387 e. The molecule has 2 aromatic carbocycles. The second-order valence-electron chi connectivity index (χ2n) is 6.16. The van der Waals surface area contributed by atoms with Gasteiger partial charge in [-0.15, -0.1) is 0 Å². The first kappa shape index (κ1) is 16.3. The van der Waals surface area contributed by atoms with Crippen LogP contribution in [0.1, 0.15) is 23.6 Å². The van der Waals surface area contributed by atoms with Gasteiger partial charge < -0.3 is 4.74 Å². The third-order valence-corrected chi connectivity index (χ3v) is 5.07. The standard InChI is InChI=1S/C18H15BrF2N2O2/c1-10-2-5-16(25-18(20)21)13(8-10)14-6-7-22-17(24)12-4-3-11(19)9-15(12)23(14)22/h2-5,8-9,14,18H,6-7H2,1H3/t14-/m0/s1. The van der Waals surface area contributed by atoms with Gasteiger partial charge in [0.2, 0.25) is 0 Å². The number of fused-ring (bicyclic) bond motifs is 3. The second kappa shape index (κ2) is 5.98. The fourth-order valence-corrected chi connectivity index (χ4v) is 3.92. The molecule has 0 N–H and O–H groups in total. The van der Waals surface area contributed by atoms with Gasteiger partial charge in [-0.3, -0.25) is 9.48 Å². The Morgan fingerprint density at radius 3 is 2.80 bits per heavy atom. The number of ether oxygens (including phenoxy) is 1. The molecule has 1 aliphatic rings. The number of rotatable bonds is 3. The van der Waals surface area contributed by atoms with Crippen molar-refractivity contribution in [2.24, 2.45) is 0 Å². The summed E-state index contributed by atoms with van der Waals surface area (Å²) in [6.07, 6.45) is 0.654. The molecule has 0 saturated carbocycles. The van der Waals surface area contributed by atoms with Crippen molar-refractivity contribution in [3.63, 3.8) is 0 Å². The molecule has 130 valence electrons. The number of aryl methyl sites for hydroxylation is 1. The summed E-state index contributed by atoms with van der Waals surface area (Å²) < 4.78 is 34.8. The number of hydrogen-bond donors (Lipinski definition) is 0. The molecule has 0 fully saturated rings. The molecular formula is C18H15BrF2N2O2. The van der Waals surface area contributed by atoms with E-state index in [0.717, 1.165) is 15.6 Å². The zero-order valence-electron chi connectivity index (χ0n) is 13.4. The molecule has 0 unspecified atom stereocenters. The molecule has 4 rings (SSSR count). The van der Waals surface area contributed by atoms with Crippen LogP contribution in [0.4, 0.5) is 8.78 Å². The topological polar surface area (TPSA) is 36.2 Å². The Bertz CT molecular complexity index is 1030. The van der Waals surface area contributed by atoms with E-state index in [0.29, 0.717) is 23.9 Å². The highest BCUT2D eigenvalue weighted by Gasteiger charge is 2.30. The average Bonchev–Trinajstić information content (AvgIpc) is 3.09. The number of nitrogens with zero attached hydrogens (tertiary/aromatic N) is 2. The van der Waals surface area contributed by atoms with Crippen LogP contribution < -0.4 is 10.3 Å². The third kappa shape index (κ3) is 2.66. The summed E-state index contributed by atoms with van der Waals surface area (Å²) in [5.41, 5.74) is 2.35. The Morgan fingerprint density at radius 1 is 1.24 bits per heavy atom. The first-order valence-electron chi connectivity index (χ1n) is 7.91. The van der Waals surface area contributed by atoms with E-state index in [9.17, 15) is 13.6 Å². The SMILES string of the molecule is Cc1ccc(OC(F)F)c([C@@H]2CCn3c(=O)c4ccc(Br)cc4n32)c1. The third-order valence-electron chi connectivity index (χ3n) is 4.58. The van der Waals surface area contributed by atoms with Crippen LogP contribution in [-0.4, -0.2) is 16.0 Å². The number of aromatic nitrogens is 2. The Hall–Kier alpha value is -2.15. The lowest BCUT2D eigenvalue weighted by Gasteiger charge is -2.19. The summed E-state index contributed by atoms with van der Waals surface area (Å²) in [7, 11) is 0. The van der Waals surface area contributed by atoms with Gasteiger partial charge in [0.25, 0.3) is 5.56 Å². The van der Waals surface area contributed by atoms with Crippen molar-refractivity contribution in [3.8, 4) is 5.75 Å². The molecule has 25 heavy (non-hydrogen) atoms. The zero-order chi connectivity index (χ0) is 17.7. The molecule has 0 bridgehead atoms. The first-order valence-corrected chi connectivity index (χ1v) is 8.71. The normalized spacial score (nSPS) is 16.6. The van der Waals surface area contributed by atoms with Crippen LogP contribution in [-0.2, 0) is 6.54 Å². The predicted molar refractivity (Wildman–Crippen MR) is 94.5 cm³/mol. The Morgan fingerprint density at radius 2 is 2.04 bits per heavy atom. The van der Waals surface area contributed by atoms with Crippen LogP contribution in [0.15, 0.2) is 45.7 Å². The van der Waals surface area contributed by atoms with Crippen molar-refractivity contribution in [2.45, 2.75) is 32.5 Å². The van der Waals surface area contributed by atoms with E-state index in [-0.39, 0.29) is 17.4 Å². The van der Waals surface area contributed by atoms with Crippen LogP contribution in [0.5, 0.6) is 5.75 Å². The number of alkyl halides is 2. The van der Waals surface area contributed by atoms with Crippen LogP contribution in [0, 0.1) is 6.92 Å². The summed E-state index contributed by atoms with van der Waals surface area (Å²) in [5, 5.41) is 0.622. The minimum Gasteiger partial charge on any atom is -0.434 e. The van der Waals surface area contributed by atoms with Gasteiger partial charge in [-0.2, -0.15) is 8.78 Å². The van der Waals surface area contributed by atoms with E-state index in [1.807, 2.05) is 29.8 Å². The highest BCUT2D eigenvalue weighted by atomic mass is 79.9. The molecule has 0 amide bonds. The van der Waals surface area contributed by atoms with Crippen molar-refractivity contribution in [1.82, 2.24) is 9.36 Å². The summed E-state index contributed by atoms with van der Waals surface area (Å²) >= 11 is 3.44. The zero-order valence-corrected chi connectivity index (χ0v) is 15.0. The molecule has 0 spiro atoms.